The second-order valence-corrected chi connectivity index (χ2v) is 6.20. The molecule has 2 N–H and O–H groups in total. The molecule has 0 unspecified atom stereocenters. The van der Waals surface area contributed by atoms with Crippen LogP contribution in [-0.4, -0.2) is 22.5 Å². The van der Waals surface area contributed by atoms with E-state index < -0.39 is 0 Å². The summed E-state index contributed by atoms with van der Waals surface area (Å²) in [6.07, 6.45) is 1.37. The van der Waals surface area contributed by atoms with E-state index in [1.807, 2.05) is 45.0 Å². The van der Waals surface area contributed by atoms with Gasteiger partial charge in [0.15, 0.2) is 0 Å². The molecule has 0 radical (unpaired) electrons. The van der Waals surface area contributed by atoms with Crippen LogP contribution in [0.1, 0.15) is 28.5 Å². The number of hydrogen-bond donors (Lipinski definition) is 2. The average Bonchev–Trinajstić information content (AvgIpc) is 2.63. The van der Waals surface area contributed by atoms with E-state index in [0.29, 0.717) is 18.1 Å². The lowest BCUT2D eigenvalue weighted by molar-refractivity contribution is 0.102. The predicted molar refractivity (Wildman–Crippen MR) is 107 cm³/mol. The number of carbonyl (C=O) groups is 1. The van der Waals surface area contributed by atoms with Gasteiger partial charge in [-0.3, -0.25) is 4.79 Å². The molecular weight excluding hydrogens is 340 g/mol. The number of aromatic nitrogens is 2. The van der Waals surface area contributed by atoms with E-state index >= 15 is 0 Å². The minimum atomic E-state index is -0.301. The monoisotopic (exact) mass is 362 g/mol. The van der Waals surface area contributed by atoms with Crippen LogP contribution in [-0.2, 0) is 0 Å². The Morgan fingerprint density at radius 2 is 1.67 bits per heavy atom. The summed E-state index contributed by atoms with van der Waals surface area (Å²) in [7, 11) is 0. The molecule has 1 heterocycles. The second kappa shape index (κ2) is 8.31. The normalized spacial score (nSPS) is 10.3. The van der Waals surface area contributed by atoms with Gasteiger partial charge in [-0.1, -0.05) is 6.07 Å². The van der Waals surface area contributed by atoms with Crippen LogP contribution in [0.2, 0.25) is 0 Å². The Labute approximate surface area is 158 Å². The van der Waals surface area contributed by atoms with E-state index in [9.17, 15) is 4.79 Å². The van der Waals surface area contributed by atoms with Gasteiger partial charge in [-0.25, -0.2) is 9.97 Å². The quantitative estimate of drug-likeness (QED) is 0.676. The molecule has 138 valence electrons. The second-order valence-electron chi connectivity index (χ2n) is 6.20. The van der Waals surface area contributed by atoms with Crippen molar-refractivity contribution in [2.75, 3.05) is 17.2 Å². The highest BCUT2D eigenvalue weighted by atomic mass is 16.5. The summed E-state index contributed by atoms with van der Waals surface area (Å²) < 4.78 is 5.40. The van der Waals surface area contributed by atoms with Crippen molar-refractivity contribution in [1.82, 2.24) is 9.97 Å². The van der Waals surface area contributed by atoms with Gasteiger partial charge in [-0.2, -0.15) is 0 Å². The number of carbonyl (C=O) groups excluding carboxylic acids is 1. The van der Waals surface area contributed by atoms with Gasteiger partial charge in [0.1, 0.15) is 23.6 Å². The fourth-order valence-corrected chi connectivity index (χ4v) is 2.74. The predicted octanol–water partition coefficient (Wildman–Crippen LogP) is 4.49. The number of nitrogens with one attached hydrogen (secondary N) is 2. The Kier molecular flexibility index (Phi) is 5.66. The van der Waals surface area contributed by atoms with Gasteiger partial charge in [0.05, 0.1) is 6.61 Å². The molecule has 6 heteroatoms. The minimum Gasteiger partial charge on any atom is -0.494 e. The molecule has 3 rings (SSSR count). The maximum atomic E-state index is 12.5. The number of amides is 1. The van der Waals surface area contributed by atoms with E-state index in [1.165, 1.54) is 6.33 Å². The van der Waals surface area contributed by atoms with Gasteiger partial charge in [0.2, 0.25) is 0 Å². The Morgan fingerprint density at radius 1 is 0.963 bits per heavy atom. The van der Waals surface area contributed by atoms with Crippen LogP contribution in [0.3, 0.4) is 0 Å². The molecule has 6 nitrogen and oxygen atoms in total. The summed E-state index contributed by atoms with van der Waals surface area (Å²) in [5.74, 6) is 1.02. The van der Waals surface area contributed by atoms with Crippen molar-refractivity contribution in [2.24, 2.45) is 0 Å². The Morgan fingerprint density at radius 3 is 2.33 bits per heavy atom. The molecule has 1 aromatic heterocycles. The third kappa shape index (κ3) is 5.04. The van der Waals surface area contributed by atoms with Crippen molar-refractivity contribution in [1.29, 1.82) is 0 Å². The fourth-order valence-electron chi connectivity index (χ4n) is 2.74. The summed E-state index contributed by atoms with van der Waals surface area (Å²) in [4.78, 5) is 20.7. The van der Waals surface area contributed by atoms with E-state index in [-0.39, 0.29) is 11.6 Å². The zero-order valence-corrected chi connectivity index (χ0v) is 15.6. The van der Waals surface area contributed by atoms with Crippen LogP contribution in [0.15, 0.2) is 54.9 Å². The van der Waals surface area contributed by atoms with Crippen LogP contribution in [0, 0.1) is 13.8 Å². The molecule has 0 aliphatic rings. The van der Waals surface area contributed by atoms with Crippen LogP contribution in [0.5, 0.6) is 5.75 Å². The van der Waals surface area contributed by atoms with Gasteiger partial charge in [0, 0.05) is 17.4 Å². The Hall–Kier alpha value is -3.41. The molecule has 2 aromatic carbocycles. The van der Waals surface area contributed by atoms with Gasteiger partial charge in [-0.05, 0) is 68.3 Å². The number of aryl methyl sites for hydroxylation is 2. The fraction of sp³-hybridized carbons (Fsp3) is 0.190. The molecule has 0 saturated carbocycles. The highest BCUT2D eigenvalue weighted by Crippen LogP contribution is 2.19. The summed E-state index contributed by atoms with van der Waals surface area (Å²) in [5, 5.41) is 6.04. The van der Waals surface area contributed by atoms with Gasteiger partial charge in [-0.15, -0.1) is 0 Å². The summed E-state index contributed by atoms with van der Waals surface area (Å²) >= 11 is 0. The highest BCUT2D eigenvalue weighted by molar-refractivity contribution is 6.03. The van der Waals surface area contributed by atoms with Crippen molar-refractivity contribution >= 4 is 23.1 Å². The minimum absolute atomic E-state index is 0.283. The summed E-state index contributed by atoms with van der Waals surface area (Å²) in [6, 6.07) is 15.0. The number of nitrogens with zero attached hydrogens (tertiary/aromatic N) is 2. The van der Waals surface area contributed by atoms with E-state index in [1.54, 1.807) is 18.2 Å². The van der Waals surface area contributed by atoms with Crippen molar-refractivity contribution < 1.29 is 9.53 Å². The van der Waals surface area contributed by atoms with E-state index in [0.717, 1.165) is 22.6 Å². The van der Waals surface area contributed by atoms with Crippen molar-refractivity contribution in [3.63, 3.8) is 0 Å². The lowest BCUT2D eigenvalue weighted by Crippen LogP contribution is -2.14. The molecule has 0 aliphatic carbocycles. The van der Waals surface area contributed by atoms with Crippen molar-refractivity contribution in [3.05, 3.63) is 71.7 Å². The van der Waals surface area contributed by atoms with Crippen LogP contribution in [0.25, 0.3) is 0 Å². The van der Waals surface area contributed by atoms with Crippen LogP contribution < -0.4 is 15.4 Å². The average molecular weight is 362 g/mol. The lowest BCUT2D eigenvalue weighted by Gasteiger charge is -2.09. The molecule has 27 heavy (non-hydrogen) atoms. The standard InChI is InChI=1S/C21H22N4O2/c1-4-27-18-7-5-16(6-8-18)25-21(26)19-12-20(23-13-22-19)24-17-10-14(2)9-15(3)11-17/h5-13H,4H2,1-3H3,(H,25,26)(H,22,23,24). The maximum absolute atomic E-state index is 12.5. The number of ether oxygens (including phenoxy) is 1. The molecule has 0 atom stereocenters. The molecule has 3 aromatic rings. The Balaban J connectivity index is 1.71. The molecule has 0 bridgehead atoms. The highest BCUT2D eigenvalue weighted by Gasteiger charge is 2.10. The molecule has 1 amide bonds. The van der Waals surface area contributed by atoms with Crippen LogP contribution >= 0.6 is 0 Å². The molecule has 0 spiro atoms. The lowest BCUT2D eigenvalue weighted by atomic mass is 10.1. The van der Waals surface area contributed by atoms with Gasteiger partial charge in [0.25, 0.3) is 5.91 Å². The Bertz CT molecular complexity index is 919. The molecule has 0 fully saturated rings. The van der Waals surface area contributed by atoms with Gasteiger partial charge < -0.3 is 15.4 Å². The topological polar surface area (TPSA) is 76.1 Å². The first-order chi connectivity index (χ1) is 13.0. The summed E-state index contributed by atoms with van der Waals surface area (Å²) in [5.41, 5.74) is 4.18. The number of benzene rings is 2. The largest absolute Gasteiger partial charge is 0.494 e. The molecule has 0 aliphatic heterocycles. The SMILES string of the molecule is CCOc1ccc(NC(=O)c2cc(Nc3cc(C)cc(C)c3)ncn2)cc1. The smallest absolute Gasteiger partial charge is 0.274 e. The van der Waals surface area contributed by atoms with E-state index in [4.69, 9.17) is 4.74 Å². The summed E-state index contributed by atoms with van der Waals surface area (Å²) in [6.45, 7) is 6.60. The third-order valence-electron chi connectivity index (χ3n) is 3.82. The first-order valence-corrected chi connectivity index (χ1v) is 8.75. The zero-order chi connectivity index (χ0) is 19.2. The van der Waals surface area contributed by atoms with Gasteiger partial charge >= 0.3 is 0 Å². The first kappa shape index (κ1) is 18.4. The molecule has 0 saturated heterocycles. The third-order valence-corrected chi connectivity index (χ3v) is 3.82. The number of hydrogen-bond acceptors (Lipinski definition) is 5. The van der Waals surface area contributed by atoms with Crippen molar-refractivity contribution in [2.45, 2.75) is 20.8 Å². The zero-order valence-electron chi connectivity index (χ0n) is 15.6. The maximum Gasteiger partial charge on any atom is 0.274 e. The van der Waals surface area contributed by atoms with Crippen LogP contribution in [0.4, 0.5) is 17.2 Å². The van der Waals surface area contributed by atoms with E-state index in [2.05, 4.69) is 26.7 Å². The molecular formula is C21H22N4O2. The first-order valence-electron chi connectivity index (χ1n) is 8.75. The number of rotatable bonds is 6. The number of anilines is 3. The van der Waals surface area contributed by atoms with Crippen molar-refractivity contribution in [3.8, 4) is 5.75 Å².